The predicted molar refractivity (Wildman–Crippen MR) is 112 cm³/mol. The fourth-order valence-electron chi connectivity index (χ4n) is 2.41. The van der Waals surface area contributed by atoms with Crippen LogP contribution in [0.3, 0.4) is 0 Å². The zero-order chi connectivity index (χ0) is 21.4. The van der Waals surface area contributed by atoms with E-state index in [0.29, 0.717) is 28.1 Å². The molecule has 0 aliphatic heterocycles. The summed E-state index contributed by atoms with van der Waals surface area (Å²) >= 11 is 3.31. The summed E-state index contributed by atoms with van der Waals surface area (Å²) in [4.78, 5) is 23.8. The first-order valence-corrected chi connectivity index (χ1v) is 9.39. The fraction of sp³-hybridized carbons (Fsp3) is 0.190. The molecule has 29 heavy (non-hydrogen) atoms. The Kier molecular flexibility index (Phi) is 7.80. The number of carbonyl (C=O) groups is 2. The molecular formula is C21H19BrN2O5. The number of hydrogen-bond donors (Lipinski definition) is 1. The molecule has 2 aromatic carbocycles. The van der Waals surface area contributed by atoms with E-state index in [1.165, 1.54) is 20.1 Å². The number of hydrogen-bond acceptors (Lipinski definition) is 6. The molecule has 0 spiro atoms. The van der Waals surface area contributed by atoms with Crippen molar-refractivity contribution < 1.29 is 23.8 Å². The summed E-state index contributed by atoms with van der Waals surface area (Å²) < 4.78 is 16.2. The third-order valence-corrected chi connectivity index (χ3v) is 4.17. The van der Waals surface area contributed by atoms with Gasteiger partial charge in [0.2, 0.25) is 0 Å². The number of nitrogens with one attached hydrogen (secondary N) is 1. The minimum Gasteiger partial charge on any atom is -0.494 e. The third kappa shape index (κ3) is 6.09. The fourth-order valence-corrected chi connectivity index (χ4v) is 2.95. The highest BCUT2D eigenvalue weighted by atomic mass is 79.9. The molecule has 0 unspecified atom stereocenters. The van der Waals surface area contributed by atoms with Crippen molar-refractivity contribution in [3.63, 3.8) is 0 Å². The zero-order valence-electron chi connectivity index (χ0n) is 16.1. The second-order valence-electron chi connectivity index (χ2n) is 5.71. The molecule has 0 bridgehead atoms. The average Bonchev–Trinajstić information content (AvgIpc) is 2.68. The van der Waals surface area contributed by atoms with Crippen LogP contribution < -0.4 is 19.5 Å². The van der Waals surface area contributed by atoms with Gasteiger partial charge in [-0.05, 0) is 58.8 Å². The summed E-state index contributed by atoms with van der Waals surface area (Å²) in [6, 6.07) is 11.9. The Labute approximate surface area is 177 Å². The second-order valence-corrected chi connectivity index (χ2v) is 6.57. The second kappa shape index (κ2) is 10.3. The van der Waals surface area contributed by atoms with E-state index in [4.69, 9.17) is 14.2 Å². The lowest BCUT2D eigenvalue weighted by atomic mass is 10.1. The Morgan fingerprint density at radius 1 is 1.28 bits per heavy atom. The minimum absolute atomic E-state index is 0.110. The normalized spacial score (nSPS) is 10.7. The van der Waals surface area contributed by atoms with E-state index in [9.17, 15) is 14.9 Å². The summed E-state index contributed by atoms with van der Waals surface area (Å²) in [5.74, 6) is 0.0391. The number of nitrogens with zero attached hydrogens (tertiary/aromatic N) is 1. The number of amides is 1. The Bertz CT molecular complexity index is 995. The Balaban J connectivity index is 2.30. The lowest BCUT2D eigenvalue weighted by Gasteiger charge is -2.11. The molecule has 0 fully saturated rings. The van der Waals surface area contributed by atoms with Gasteiger partial charge in [0.25, 0.3) is 5.91 Å². The van der Waals surface area contributed by atoms with Gasteiger partial charge in [-0.25, -0.2) is 0 Å². The van der Waals surface area contributed by atoms with Crippen LogP contribution in [0.15, 0.2) is 46.4 Å². The number of ether oxygens (including phenoxy) is 3. The van der Waals surface area contributed by atoms with Crippen molar-refractivity contribution in [3.05, 3.63) is 52.0 Å². The standard InChI is InChI=1S/C21H19BrN2O5/c1-4-28-17-7-5-6-16(11-17)24-21(26)15(12-23)8-14-9-18(22)20(29-13(2)25)19(10-14)27-3/h5-11H,4H2,1-3H3,(H,24,26)/b15-8+. The highest BCUT2D eigenvalue weighted by Gasteiger charge is 2.15. The SMILES string of the molecule is CCOc1cccc(NC(=O)/C(C#N)=C/c2cc(Br)c(OC(C)=O)c(OC)c2)c1. The summed E-state index contributed by atoms with van der Waals surface area (Å²) in [6.07, 6.45) is 1.41. The first-order valence-electron chi connectivity index (χ1n) is 8.59. The quantitative estimate of drug-likeness (QED) is 0.287. The molecule has 1 amide bonds. The van der Waals surface area contributed by atoms with Crippen molar-refractivity contribution in [1.29, 1.82) is 5.26 Å². The number of benzene rings is 2. The molecule has 0 aliphatic carbocycles. The topological polar surface area (TPSA) is 97.6 Å². The molecule has 2 rings (SSSR count). The number of halogens is 1. The molecule has 7 nitrogen and oxygen atoms in total. The summed E-state index contributed by atoms with van der Waals surface area (Å²) in [5, 5.41) is 12.1. The van der Waals surface area contributed by atoms with Crippen LogP contribution in [0.5, 0.6) is 17.2 Å². The van der Waals surface area contributed by atoms with Gasteiger partial charge in [0.05, 0.1) is 18.2 Å². The number of esters is 1. The molecule has 0 aliphatic rings. The Morgan fingerprint density at radius 3 is 2.66 bits per heavy atom. The molecule has 0 radical (unpaired) electrons. The van der Waals surface area contributed by atoms with Gasteiger partial charge in [-0.15, -0.1) is 0 Å². The van der Waals surface area contributed by atoms with Crippen molar-refractivity contribution in [1.82, 2.24) is 0 Å². The van der Waals surface area contributed by atoms with E-state index < -0.39 is 11.9 Å². The van der Waals surface area contributed by atoms with Gasteiger partial charge in [0.15, 0.2) is 11.5 Å². The van der Waals surface area contributed by atoms with E-state index in [0.717, 1.165) is 0 Å². The van der Waals surface area contributed by atoms with Crippen LogP contribution in [0, 0.1) is 11.3 Å². The van der Waals surface area contributed by atoms with Crippen LogP contribution in [-0.4, -0.2) is 25.6 Å². The Morgan fingerprint density at radius 2 is 2.03 bits per heavy atom. The zero-order valence-corrected chi connectivity index (χ0v) is 17.7. The average molecular weight is 459 g/mol. The number of carbonyl (C=O) groups excluding carboxylic acids is 2. The van der Waals surface area contributed by atoms with Crippen LogP contribution in [0.4, 0.5) is 5.69 Å². The minimum atomic E-state index is -0.569. The van der Waals surface area contributed by atoms with Gasteiger partial charge >= 0.3 is 5.97 Å². The third-order valence-electron chi connectivity index (χ3n) is 3.58. The maximum atomic E-state index is 12.5. The summed E-state index contributed by atoms with van der Waals surface area (Å²) in [5.41, 5.74) is 0.909. The molecule has 0 aromatic heterocycles. The Hall–Kier alpha value is -3.31. The maximum Gasteiger partial charge on any atom is 0.308 e. The molecule has 0 atom stereocenters. The largest absolute Gasteiger partial charge is 0.494 e. The van der Waals surface area contributed by atoms with Crippen LogP contribution >= 0.6 is 15.9 Å². The van der Waals surface area contributed by atoms with Crippen molar-refractivity contribution in [3.8, 4) is 23.3 Å². The van der Waals surface area contributed by atoms with Gasteiger partial charge in [0, 0.05) is 18.7 Å². The van der Waals surface area contributed by atoms with Crippen molar-refractivity contribution >= 4 is 39.6 Å². The maximum absolute atomic E-state index is 12.5. The molecule has 150 valence electrons. The molecule has 0 heterocycles. The van der Waals surface area contributed by atoms with Crippen molar-refractivity contribution in [2.24, 2.45) is 0 Å². The summed E-state index contributed by atoms with van der Waals surface area (Å²) in [7, 11) is 1.42. The molecule has 1 N–H and O–H groups in total. The van der Waals surface area contributed by atoms with E-state index in [1.54, 1.807) is 36.4 Å². The van der Waals surface area contributed by atoms with Gasteiger partial charge in [0.1, 0.15) is 17.4 Å². The number of nitriles is 1. The number of anilines is 1. The van der Waals surface area contributed by atoms with Crippen LogP contribution in [0.25, 0.3) is 6.08 Å². The lowest BCUT2D eigenvalue weighted by Crippen LogP contribution is -2.13. The van der Waals surface area contributed by atoms with Crippen LogP contribution in [-0.2, 0) is 9.59 Å². The molecule has 0 saturated heterocycles. The number of rotatable bonds is 7. The van der Waals surface area contributed by atoms with E-state index in [-0.39, 0.29) is 17.1 Å². The molecule has 0 saturated carbocycles. The van der Waals surface area contributed by atoms with Gasteiger partial charge in [-0.2, -0.15) is 5.26 Å². The van der Waals surface area contributed by atoms with Crippen LogP contribution in [0.1, 0.15) is 19.4 Å². The number of methoxy groups -OCH3 is 1. The van der Waals surface area contributed by atoms with E-state index in [1.807, 2.05) is 13.0 Å². The smallest absolute Gasteiger partial charge is 0.308 e. The van der Waals surface area contributed by atoms with Crippen LogP contribution in [0.2, 0.25) is 0 Å². The van der Waals surface area contributed by atoms with Crippen molar-refractivity contribution in [2.75, 3.05) is 19.0 Å². The molecule has 8 heteroatoms. The highest BCUT2D eigenvalue weighted by molar-refractivity contribution is 9.10. The highest BCUT2D eigenvalue weighted by Crippen LogP contribution is 2.37. The molecular weight excluding hydrogens is 440 g/mol. The van der Waals surface area contributed by atoms with Gasteiger partial charge in [-0.1, -0.05) is 6.07 Å². The molecule has 2 aromatic rings. The monoisotopic (exact) mass is 458 g/mol. The van der Waals surface area contributed by atoms with Gasteiger partial charge in [-0.3, -0.25) is 9.59 Å². The first-order chi connectivity index (χ1) is 13.9. The van der Waals surface area contributed by atoms with Gasteiger partial charge < -0.3 is 19.5 Å². The first kappa shape index (κ1) is 22.0. The summed E-state index contributed by atoms with van der Waals surface area (Å²) in [6.45, 7) is 3.64. The lowest BCUT2D eigenvalue weighted by molar-refractivity contribution is -0.132. The van der Waals surface area contributed by atoms with E-state index in [2.05, 4.69) is 21.2 Å². The van der Waals surface area contributed by atoms with E-state index >= 15 is 0 Å². The van der Waals surface area contributed by atoms with Crippen molar-refractivity contribution in [2.45, 2.75) is 13.8 Å². The predicted octanol–water partition coefficient (Wildman–Crippen LogP) is 4.33.